The predicted molar refractivity (Wildman–Crippen MR) is 122 cm³/mol. The third-order valence-electron chi connectivity index (χ3n) is 4.53. The van der Waals surface area contributed by atoms with Crippen LogP contribution >= 0.6 is 0 Å². The van der Waals surface area contributed by atoms with Gasteiger partial charge in [-0.3, -0.25) is 13.8 Å². The standard InChI is InChI=1S/C23H21N3O5S/c24-23(30)26-18-8-4-7-16(13-18)22(29)25-17-9-11-19(12-10-17)32(31)20(14-21(27)28)15-5-2-1-3-6-15/h1-13,20H,14H2,(H,25,29)(H,27,28)(H3,24,26,30). The van der Waals surface area contributed by atoms with Gasteiger partial charge >= 0.3 is 12.0 Å². The molecular weight excluding hydrogens is 430 g/mol. The summed E-state index contributed by atoms with van der Waals surface area (Å²) in [6, 6.07) is 20.8. The first-order valence-electron chi connectivity index (χ1n) is 9.59. The second-order valence-corrected chi connectivity index (χ2v) is 8.48. The maximum atomic E-state index is 13.1. The van der Waals surface area contributed by atoms with E-state index in [1.165, 1.54) is 6.07 Å². The van der Waals surface area contributed by atoms with E-state index in [0.29, 0.717) is 27.4 Å². The highest BCUT2D eigenvalue weighted by molar-refractivity contribution is 7.85. The quantitative estimate of drug-likeness (QED) is 0.413. The van der Waals surface area contributed by atoms with Crippen LogP contribution in [-0.2, 0) is 15.6 Å². The lowest BCUT2D eigenvalue weighted by atomic mass is 10.1. The van der Waals surface area contributed by atoms with Crippen molar-refractivity contribution >= 4 is 40.1 Å². The van der Waals surface area contributed by atoms with Gasteiger partial charge < -0.3 is 21.5 Å². The van der Waals surface area contributed by atoms with E-state index in [2.05, 4.69) is 10.6 Å². The lowest BCUT2D eigenvalue weighted by Gasteiger charge is -2.15. The second kappa shape index (κ2) is 10.4. The first-order valence-corrected chi connectivity index (χ1v) is 10.8. The number of urea groups is 1. The normalized spacial score (nSPS) is 12.4. The van der Waals surface area contributed by atoms with E-state index in [-0.39, 0.29) is 6.42 Å². The van der Waals surface area contributed by atoms with Crippen molar-refractivity contribution < 1.29 is 23.7 Å². The molecule has 3 aromatic carbocycles. The Balaban J connectivity index is 1.74. The molecule has 3 aromatic rings. The number of carbonyl (C=O) groups excluding carboxylic acids is 2. The lowest BCUT2D eigenvalue weighted by Crippen LogP contribution is -2.19. The van der Waals surface area contributed by atoms with Gasteiger partial charge in [0.2, 0.25) is 0 Å². The van der Waals surface area contributed by atoms with Crippen molar-refractivity contribution in [2.75, 3.05) is 10.6 Å². The highest BCUT2D eigenvalue weighted by atomic mass is 32.2. The van der Waals surface area contributed by atoms with Crippen LogP contribution in [0.5, 0.6) is 0 Å². The van der Waals surface area contributed by atoms with Crippen LogP contribution in [0, 0.1) is 0 Å². The summed E-state index contributed by atoms with van der Waals surface area (Å²) in [6.07, 6.45) is -0.273. The molecule has 0 aliphatic rings. The molecule has 0 aliphatic carbocycles. The minimum atomic E-state index is -1.60. The Kier molecular flexibility index (Phi) is 7.35. The average Bonchev–Trinajstić information content (AvgIpc) is 2.78. The molecule has 0 heterocycles. The second-order valence-electron chi connectivity index (χ2n) is 6.84. The van der Waals surface area contributed by atoms with Gasteiger partial charge in [0.15, 0.2) is 0 Å². The number of aliphatic carboxylic acids is 1. The zero-order valence-corrected chi connectivity index (χ0v) is 17.7. The maximum absolute atomic E-state index is 13.1. The molecule has 9 heteroatoms. The van der Waals surface area contributed by atoms with Gasteiger partial charge in [0.1, 0.15) is 0 Å². The first kappa shape index (κ1) is 22.7. The molecule has 2 atom stereocenters. The van der Waals surface area contributed by atoms with Gasteiger partial charge in [-0.1, -0.05) is 36.4 Å². The van der Waals surface area contributed by atoms with Gasteiger partial charge in [0.25, 0.3) is 5.91 Å². The van der Waals surface area contributed by atoms with Crippen LogP contribution in [0.3, 0.4) is 0 Å². The molecule has 0 aromatic heterocycles. The number of benzene rings is 3. The minimum absolute atomic E-state index is 0.273. The molecular formula is C23H21N3O5S. The molecule has 0 radical (unpaired) electrons. The topological polar surface area (TPSA) is 139 Å². The Morgan fingerprint density at radius 2 is 1.56 bits per heavy atom. The van der Waals surface area contributed by atoms with Gasteiger partial charge in [-0.25, -0.2) is 4.79 Å². The summed E-state index contributed by atoms with van der Waals surface area (Å²) in [5.74, 6) is -1.44. The Hall–Kier alpha value is -3.98. The van der Waals surface area contributed by atoms with Gasteiger partial charge in [-0.05, 0) is 48.0 Å². The zero-order chi connectivity index (χ0) is 23.1. The molecule has 3 rings (SSSR count). The van der Waals surface area contributed by atoms with E-state index in [0.717, 1.165) is 0 Å². The molecule has 0 spiro atoms. The Morgan fingerprint density at radius 3 is 2.19 bits per heavy atom. The van der Waals surface area contributed by atoms with Crippen LogP contribution in [0.4, 0.5) is 16.2 Å². The van der Waals surface area contributed by atoms with E-state index in [9.17, 15) is 23.7 Å². The zero-order valence-electron chi connectivity index (χ0n) is 16.9. The smallest absolute Gasteiger partial charge is 0.316 e. The van der Waals surface area contributed by atoms with Crippen LogP contribution < -0.4 is 16.4 Å². The fourth-order valence-corrected chi connectivity index (χ4v) is 4.49. The number of primary amides is 1. The van der Waals surface area contributed by atoms with Gasteiger partial charge in [-0.15, -0.1) is 0 Å². The molecule has 0 saturated carbocycles. The molecule has 2 unspecified atom stereocenters. The average molecular weight is 452 g/mol. The summed E-state index contributed by atoms with van der Waals surface area (Å²) in [7, 11) is -1.60. The van der Waals surface area contributed by atoms with Crippen LogP contribution in [0.15, 0.2) is 83.8 Å². The van der Waals surface area contributed by atoms with E-state index in [4.69, 9.17) is 5.73 Å². The summed E-state index contributed by atoms with van der Waals surface area (Å²) < 4.78 is 13.1. The van der Waals surface area contributed by atoms with E-state index < -0.39 is 34.0 Å². The molecule has 0 saturated heterocycles. The Bertz CT molecular complexity index is 1150. The maximum Gasteiger partial charge on any atom is 0.316 e. The van der Waals surface area contributed by atoms with E-state index in [1.54, 1.807) is 72.8 Å². The van der Waals surface area contributed by atoms with Crippen LogP contribution in [0.2, 0.25) is 0 Å². The number of carbonyl (C=O) groups is 3. The number of rotatable bonds is 8. The van der Waals surface area contributed by atoms with Crippen molar-refractivity contribution in [3.05, 3.63) is 90.0 Å². The van der Waals surface area contributed by atoms with Gasteiger partial charge in [-0.2, -0.15) is 0 Å². The van der Waals surface area contributed by atoms with E-state index >= 15 is 0 Å². The minimum Gasteiger partial charge on any atom is -0.481 e. The number of hydrogen-bond donors (Lipinski definition) is 4. The van der Waals surface area contributed by atoms with Gasteiger partial charge in [0, 0.05) is 21.8 Å². The molecule has 0 aliphatic heterocycles. The largest absolute Gasteiger partial charge is 0.481 e. The molecule has 164 valence electrons. The number of anilines is 2. The number of amides is 3. The predicted octanol–water partition coefficient (Wildman–Crippen LogP) is 3.75. The van der Waals surface area contributed by atoms with E-state index in [1.807, 2.05) is 0 Å². The molecule has 32 heavy (non-hydrogen) atoms. The van der Waals surface area contributed by atoms with Crippen molar-refractivity contribution in [2.24, 2.45) is 5.73 Å². The molecule has 3 amide bonds. The van der Waals surface area contributed by atoms with Crippen LogP contribution in [0.1, 0.15) is 27.6 Å². The third-order valence-corrected chi connectivity index (χ3v) is 6.22. The fraction of sp³-hybridized carbons (Fsp3) is 0.0870. The van der Waals surface area contributed by atoms with Crippen LogP contribution in [-0.4, -0.2) is 27.2 Å². The Labute approximate surface area is 186 Å². The number of carboxylic acid groups (broad SMARTS) is 1. The summed E-state index contributed by atoms with van der Waals surface area (Å²) in [4.78, 5) is 35.2. The lowest BCUT2D eigenvalue weighted by molar-refractivity contribution is -0.137. The molecule has 0 fully saturated rings. The van der Waals surface area contributed by atoms with Crippen molar-refractivity contribution in [1.29, 1.82) is 0 Å². The first-order chi connectivity index (χ1) is 15.3. The third kappa shape index (κ3) is 6.02. The van der Waals surface area contributed by atoms with Crippen molar-refractivity contribution in [2.45, 2.75) is 16.6 Å². The fourth-order valence-electron chi connectivity index (χ4n) is 3.06. The van der Waals surface area contributed by atoms with Crippen molar-refractivity contribution in [1.82, 2.24) is 0 Å². The molecule has 8 nitrogen and oxygen atoms in total. The Morgan fingerprint density at radius 1 is 0.875 bits per heavy atom. The van der Waals surface area contributed by atoms with Crippen molar-refractivity contribution in [3.63, 3.8) is 0 Å². The highest BCUT2D eigenvalue weighted by Gasteiger charge is 2.23. The number of nitrogens with one attached hydrogen (secondary N) is 2. The summed E-state index contributed by atoms with van der Waals surface area (Å²) in [5, 5.41) is 13.7. The monoisotopic (exact) mass is 451 g/mol. The summed E-state index contributed by atoms with van der Waals surface area (Å²) in [6.45, 7) is 0. The highest BCUT2D eigenvalue weighted by Crippen LogP contribution is 2.29. The van der Waals surface area contributed by atoms with Gasteiger partial charge in [0.05, 0.1) is 22.5 Å². The van der Waals surface area contributed by atoms with Crippen molar-refractivity contribution in [3.8, 4) is 0 Å². The molecule has 5 N–H and O–H groups in total. The molecule has 0 bridgehead atoms. The van der Waals surface area contributed by atoms with Crippen LogP contribution in [0.25, 0.3) is 0 Å². The summed E-state index contributed by atoms with van der Waals surface area (Å²) >= 11 is 0. The number of nitrogens with two attached hydrogens (primary N) is 1. The summed E-state index contributed by atoms with van der Waals surface area (Å²) in [5.41, 5.74) is 6.94. The number of hydrogen-bond acceptors (Lipinski definition) is 4. The number of carboxylic acids is 1. The SMILES string of the molecule is NC(=O)Nc1cccc(C(=O)Nc2ccc(S(=O)C(CC(=O)O)c3ccccc3)cc2)c1.